The first-order chi connectivity index (χ1) is 12.5. The Labute approximate surface area is 158 Å². The van der Waals surface area contributed by atoms with Crippen LogP contribution in [-0.4, -0.2) is 17.7 Å². The first kappa shape index (κ1) is 18.1. The maximum absolute atomic E-state index is 13.2. The van der Waals surface area contributed by atoms with Crippen LogP contribution in [-0.2, 0) is 4.79 Å². The fraction of sp³-hybridized carbons (Fsp3) is 0.211. The van der Waals surface area contributed by atoms with E-state index in [0.29, 0.717) is 29.8 Å². The second-order valence-electron chi connectivity index (χ2n) is 6.00. The number of ketones is 1. The SMILES string of the molecule is N#Cc1ccc(OC2CC(C(=O)C(N)=Nc3ccc(F)c(Br)c3)C2)cc1. The Bertz CT molecular complexity index is 900. The zero-order valence-corrected chi connectivity index (χ0v) is 15.2. The van der Waals surface area contributed by atoms with Crippen molar-refractivity contribution in [2.24, 2.45) is 16.6 Å². The average Bonchev–Trinajstić information content (AvgIpc) is 2.61. The molecule has 0 bridgehead atoms. The van der Waals surface area contributed by atoms with Gasteiger partial charge in [0, 0.05) is 5.92 Å². The van der Waals surface area contributed by atoms with Crippen LogP contribution in [0, 0.1) is 23.1 Å². The summed E-state index contributed by atoms with van der Waals surface area (Å²) in [4.78, 5) is 16.4. The summed E-state index contributed by atoms with van der Waals surface area (Å²) in [7, 11) is 0. The minimum absolute atomic E-state index is 0.0651. The van der Waals surface area contributed by atoms with Gasteiger partial charge in [0.25, 0.3) is 0 Å². The van der Waals surface area contributed by atoms with Crippen molar-refractivity contribution in [3.63, 3.8) is 0 Å². The average molecular weight is 416 g/mol. The summed E-state index contributed by atoms with van der Waals surface area (Å²) in [6.45, 7) is 0. The smallest absolute Gasteiger partial charge is 0.200 e. The van der Waals surface area contributed by atoms with Gasteiger partial charge in [0.2, 0.25) is 5.78 Å². The molecule has 0 radical (unpaired) electrons. The van der Waals surface area contributed by atoms with Crippen molar-refractivity contribution in [3.05, 3.63) is 58.3 Å². The van der Waals surface area contributed by atoms with E-state index in [1.807, 2.05) is 6.07 Å². The number of benzene rings is 2. The lowest BCUT2D eigenvalue weighted by atomic mass is 9.79. The van der Waals surface area contributed by atoms with Gasteiger partial charge in [-0.1, -0.05) is 0 Å². The van der Waals surface area contributed by atoms with Crippen molar-refractivity contribution in [1.29, 1.82) is 5.26 Å². The van der Waals surface area contributed by atoms with Gasteiger partial charge in [-0.15, -0.1) is 0 Å². The Balaban J connectivity index is 1.55. The molecule has 7 heteroatoms. The van der Waals surface area contributed by atoms with E-state index in [4.69, 9.17) is 15.7 Å². The monoisotopic (exact) mass is 415 g/mol. The molecule has 0 heterocycles. The van der Waals surface area contributed by atoms with Gasteiger partial charge in [-0.2, -0.15) is 5.26 Å². The number of nitriles is 1. The minimum Gasteiger partial charge on any atom is -0.490 e. The summed E-state index contributed by atoms with van der Waals surface area (Å²) in [5.41, 5.74) is 6.77. The number of hydrogen-bond acceptors (Lipinski definition) is 4. The quantitative estimate of drug-likeness (QED) is 0.592. The summed E-state index contributed by atoms with van der Waals surface area (Å²) in [5, 5.41) is 8.78. The van der Waals surface area contributed by atoms with Crippen LogP contribution < -0.4 is 10.5 Å². The van der Waals surface area contributed by atoms with E-state index < -0.39 is 5.82 Å². The molecule has 1 aliphatic carbocycles. The van der Waals surface area contributed by atoms with E-state index >= 15 is 0 Å². The summed E-state index contributed by atoms with van der Waals surface area (Å²) < 4.78 is 19.3. The summed E-state index contributed by atoms with van der Waals surface area (Å²) in [6, 6.07) is 13.1. The summed E-state index contributed by atoms with van der Waals surface area (Å²) >= 11 is 3.07. The van der Waals surface area contributed by atoms with Crippen LogP contribution in [0.25, 0.3) is 0 Å². The molecule has 2 N–H and O–H groups in total. The van der Waals surface area contributed by atoms with Gasteiger partial charge in [-0.05, 0) is 71.2 Å². The molecule has 0 saturated heterocycles. The Morgan fingerprint density at radius 1 is 1.27 bits per heavy atom. The second kappa shape index (κ2) is 7.67. The van der Waals surface area contributed by atoms with Crippen molar-refractivity contribution in [1.82, 2.24) is 0 Å². The molecule has 1 aliphatic rings. The topological polar surface area (TPSA) is 88.5 Å². The summed E-state index contributed by atoms with van der Waals surface area (Å²) in [5.74, 6) is -0.296. The number of Topliss-reactive ketones (excluding diaryl/α,β-unsaturated/α-hetero) is 1. The fourth-order valence-electron chi connectivity index (χ4n) is 2.63. The first-order valence-corrected chi connectivity index (χ1v) is 8.76. The molecule has 0 aliphatic heterocycles. The van der Waals surface area contributed by atoms with E-state index in [1.165, 1.54) is 18.2 Å². The van der Waals surface area contributed by atoms with Gasteiger partial charge in [-0.25, -0.2) is 9.38 Å². The molecule has 26 heavy (non-hydrogen) atoms. The van der Waals surface area contributed by atoms with Gasteiger partial charge in [0.1, 0.15) is 17.7 Å². The lowest BCUT2D eigenvalue weighted by Gasteiger charge is -2.34. The molecule has 0 atom stereocenters. The van der Waals surface area contributed by atoms with E-state index in [2.05, 4.69) is 20.9 Å². The summed E-state index contributed by atoms with van der Waals surface area (Å²) in [6.07, 6.45) is 1.05. The Morgan fingerprint density at radius 3 is 2.58 bits per heavy atom. The third-order valence-corrected chi connectivity index (χ3v) is 4.76. The lowest BCUT2D eigenvalue weighted by Crippen LogP contribution is -2.43. The highest BCUT2D eigenvalue weighted by Gasteiger charge is 2.37. The third kappa shape index (κ3) is 4.09. The van der Waals surface area contributed by atoms with Crippen LogP contribution in [0.2, 0.25) is 0 Å². The number of carbonyl (C=O) groups is 1. The highest BCUT2D eigenvalue weighted by Crippen LogP contribution is 2.32. The largest absolute Gasteiger partial charge is 0.490 e. The minimum atomic E-state index is -0.407. The van der Waals surface area contributed by atoms with Crippen LogP contribution in [0.5, 0.6) is 5.75 Å². The van der Waals surface area contributed by atoms with E-state index in [9.17, 15) is 9.18 Å². The molecule has 1 fully saturated rings. The maximum Gasteiger partial charge on any atom is 0.200 e. The maximum atomic E-state index is 13.2. The van der Waals surface area contributed by atoms with Crippen molar-refractivity contribution < 1.29 is 13.9 Å². The second-order valence-corrected chi connectivity index (χ2v) is 6.86. The molecule has 0 amide bonds. The zero-order chi connectivity index (χ0) is 18.7. The van der Waals surface area contributed by atoms with E-state index in [-0.39, 0.29) is 28.1 Å². The molecule has 5 nitrogen and oxygen atoms in total. The van der Waals surface area contributed by atoms with Gasteiger partial charge in [0.15, 0.2) is 5.84 Å². The van der Waals surface area contributed by atoms with Crippen LogP contribution >= 0.6 is 15.9 Å². The molecular formula is C19H15BrFN3O2. The first-order valence-electron chi connectivity index (χ1n) is 7.96. The molecule has 132 valence electrons. The molecule has 1 saturated carbocycles. The molecule has 0 spiro atoms. The van der Waals surface area contributed by atoms with Crippen LogP contribution in [0.15, 0.2) is 51.9 Å². The number of ether oxygens (including phenoxy) is 1. The predicted octanol–water partition coefficient (Wildman–Crippen LogP) is 3.88. The molecular weight excluding hydrogens is 401 g/mol. The predicted molar refractivity (Wildman–Crippen MR) is 98.7 cm³/mol. The van der Waals surface area contributed by atoms with Crippen molar-refractivity contribution in [2.45, 2.75) is 18.9 Å². The van der Waals surface area contributed by atoms with Gasteiger partial charge < -0.3 is 10.5 Å². The molecule has 2 aromatic rings. The van der Waals surface area contributed by atoms with Crippen molar-refractivity contribution in [2.75, 3.05) is 0 Å². The van der Waals surface area contributed by atoms with Crippen LogP contribution in [0.3, 0.4) is 0 Å². The molecule has 0 unspecified atom stereocenters. The zero-order valence-electron chi connectivity index (χ0n) is 13.7. The third-order valence-electron chi connectivity index (χ3n) is 4.16. The Hall–Kier alpha value is -2.72. The number of amidine groups is 1. The molecule has 0 aromatic heterocycles. The van der Waals surface area contributed by atoms with E-state index in [1.54, 1.807) is 24.3 Å². The Morgan fingerprint density at radius 2 is 1.96 bits per heavy atom. The fourth-order valence-corrected chi connectivity index (χ4v) is 3.00. The lowest BCUT2D eigenvalue weighted by molar-refractivity contribution is -0.121. The van der Waals surface area contributed by atoms with E-state index in [0.717, 1.165) is 0 Å². The number of halogens is 2. The standard InChI is InChI=1S/C19H15BrFN3O2/c20-16-9-13(3-6-17(16)21)24-19(23)18(25)12-7-15(8-12)26-14-4-1-11(10-22)2-5-14/h1-6,9,12,15H,7-8H2,(H2,23,24). The number of nitrogens with two attached hydrogens (primary N) is 1. The van der Waals surface area contributed by atoms with Crippen LogP contribution in [0.1, 0.15) is 18.4 Å². The number of hydrogen-bond donors (Lipinski definition) is 1. The van der Waals surface area contributed by atoms with Gasteiger partial charge in [-0.3, -0.25) is 4.79 Å². The number of nitrogens with zero attached hydrogens (tertiary/aromatic N) is 2. The van der Waals surface area contributed by atoms with Gasteiger partial charge in [0.05, 0.1) is 21.8 Å². The number of aliphatic imine (C=N–C) groups is 1. The normalized spacial score (nSPS) is 19.3. The van der Waals surface area contributed by atoms with Crippen molar-refractivity contribution >= 4 is 33.2 Å². The van der Waals surface area contributed by atoms with Gasteiger partial charge >= 0.3 is 0 Å². The van der Waals surface area contributed by atoms with Crippen LogP contribution in [0.4, 0.5) is 10.1 Å². The highest BCUT2D eigenvalue weighted by molar-refractivity contribution is 9.10. The molecule has 3 rings (SSSR count). The number of rotatable bonds is 5. The number of carbonyl (C=O) groups excluding carboxylic acids is 1. The Kier molecular flexibility index (Phi) is 5.33. The molecule has 2 aromatic carbocycles. The van der Waals surface area contributed by atoms with Crippen molar-refractivity contribution in [3.8, 4) is 11.8 Å². The highest BCUT2D eigenvalue weighted by atomic mass is 79.9.